The third-order valence-electron chi connectivity index (χ3n) is 5.77. The molecule has 0 amide bonds. The van der Waals surface area contributed by atoms with Crippen LogP contribution in [0.2, 0.25) is 0 Å². The molecule has 34 heavy (non-hydrogen) atoms. The number of sulfonamides is 1. The van der Waals surface area contributed by atoms with Crippen LogP contribution in [0.5, 0.6) is 0 Å². The predicted octanol–water partition coefficient (Wildman–Crippen LogP) is 4.31. The molecule has 0 fully saturated rings. The van der Waals surface area contributed by atoms with Crippen molar-refractivity contribution in [2.45, 2.75) is 11.8 Å². The number of benzene rings is 3. The Morgan fingerprint density at radius 2 is 1.62 bits per heavy atom. The third kappa shape index (κ3) is 3.80. The Labute approximate surface area is 196 Å². The van der Waals surface area contributed by atoms with E-state index in [1.807, 2.05) is 31.2 Å². The van der Waals surface area contributed by atoms with E-state index in [9.17, 15) is 13.2 Å². The third-order valence-corrected chi connectivity index (χ3v) is 7.15. The normalized spacial score (nSPS) is 11.7. The maximum Gasteiger partial charge on any atom is 0.328 e. The van der Waals surface area contributed by atoms with Gasteiger partial charge in [-0.3, -0.25) is 13.9 Å². The molecule has 5 rings (SSSR count). The first-order valence-electron chi connectivity index (χ1n) is 10.5. The van der Waals surface area contributed by atoms with Gasteiger partial charge in [-0.2, -0.15) is 0 Å². The van der Waals surface area contributed by atoms with Crippen molar-refractivity contribution >= 4 is 26.7 Å². The molecule has 172 valence electrons. The molecule has 9 heteroatoms. The van der Waals surface area contributed by atoms with E-state index in [1.54, 1.807) is 50.7 Å². The lowest BCUT2D eigenvalue weighted by Crippen LogP contribution is -2.19. The van der Waals surface area contributed by atoms with Gasteiger partial charge in [0.1, 0.15) is 12.0 Å². The van der Waals surface area contributed by atoms with E-state index in [0.29, 0.717) is 33.9 Å². The maximum atomic E-state index is 13.1. The second-order valence-electron chi connectivity index (χ2n) is 8.14. The molecule has 3 aromatic carbocycles. The maximum absolute atomic E-state index is 13.1. The molecule has 0 saturated heterocycles. The van der Waals surface area contributed by atoms with Crippen molar-refractivity contribution in [3.05, 3.63) is 89.0 Å². The van der Waals surface area contributed by atoms with Gasteiger partial charge >= 0.3 is 5.69 Å². The van der Waals surface area contributed by atoms with Crippen molar-refractivity contribution in [1.29, 1.82) is 0 Å². The highest BCUT2D eigenvalue weighted by Gasteiger charge is 2.18. The lowest BCUT2D eigenvalue weighted by atomic mass is 10.1. The summed E-state index contributed by atoms with van der Waals surface area (Å²) in [6, 6.07) is 19.4. The van der Waals surface area contributed by atoms with Crippen LogP contribution in [-0.2, 0) is 24.1 Å². The monoisotopic (exact) mass is 474 g/mol. The molecule has 5 aromatic rings. The molecule has 2 heterocycles. The highest BCUT2D eigenvalue weighted by atomic mass is 32.2. The molecule has 0 aliphatic rings. The number of hydrogen-bond acceptors (Lipinski definition) is 5. The van der Waals surface area contributed by atoms with Gasteiger partial charge in [0.25, 0.3) is 10.0 Å². The molecule has 8 nitrogen and oxygen atoms in total. The van der Waals surface area contributed by atoms with Gasteiger partial charge < -0.3 is 4.42 Å². The van der Waals surface area contributed by atoms with Gasteiger partial charge in [-0.1, -0.05) is 35.9 Å². The van der Waals surface area contributed by atoms with E-state index in [-0.39, 0.29) is 10.6 Å². The fourth-order valence-corrected chi connectivity index (χ4v) is 4.92. The van der Waals surface area contributed by atoms with Crippen LogP contribution < -0.4 is 10.4 Å². The second-order valence-corrected chi connectivity index (χ2v) is 9.82. The first-order chi connectivity index (χ1) is 16.2. The topological polar surface area (TPSA) is 99.1 Å². The average molecular weight is 475 g/mol. The van der Waals surface area contributed by atoms with Crippen LogP contribution >= 0.6 is 0 Å². The summed E-state index contributed by atoms with van der Waals surface area (Å²) in [4.78, 5) is 16.8. The molecule has 1 N–H and O–H groups in total. The summed E-state index contributed by atoms with van der Waals surface area (Å²) in [5, 5.41) is 0. The Balaban J connectivity index is 1.44. The Morgan fingerprint density at radius 1 is 0.882 bits per heavy atom. The summed E-state index contributed by atoms with van der Waals surface area (Å²) in [7, 11) is -0.633. The van der Waals surface area contributed by atoms with Crippen LogP contribution in [0.25, 0.3) is 33.7 Å². The van der Waals surface area contributed by atoms with Gasteiger partial charge in [0, 0.05) is 30.9 Å². The van der Waals surface area contributed by atoms with E-state index in [0.717, 1.165) is 11.1 Å². The molecule has 2 aromatic heterocycles. The van der Waals surface area contributed by atoms with Crippen molar-refractivity contribution in [2.24, 2.45) is 14.1 Å². The molecule has 0 aliphatic carbocycles. The lowest BCUT2D eigenvalue weighted by molar-refractivity contribution is 0.575. The number of nitrogens with one attached hydrogen (secondary N) is 1. The first-order valence-corrected chi connectivity index (χ1v) is 12.0. The van der Waals surface area contributed by atoms with Crippen molar-refractivity contribution < 1.29 is 12.8 Å². The van der Waals surface area contributed by atoms with Crippen LogP contribution in [0.15, 0.2) is 87.1 Å². The zero-order chi connectivity index (χ0) is 24.0. The molecular weight excluding hydrogens is 452 g/mol. The number of aromatic nitrogens is 3. The zero-order valence-corrected chi connectivity index (χ0v) is 19.6. The summed E-state index contributed by atoms with van der Waals surface area (Å²) in [5.41, 5.74) is 4.76. The minimum absolute atomic E-state index is 0.0596. The number of hydrogen-bond donors (Lipinski definition) is 1. The largest absolute Gasteiger partial charge is 0.444 e. The van der Waals surface area contributed by atoms with Gasteiger partial charge in [0.05, 0.1) is 15.9 Å². The van der Waals surface area contributed by atoms with Crippen molar-refractivity contribution in [2.75, 3.05) is 4.72 Å². The molecular formula is C25H22N4O4S. The summed E-state index contributed by atoms with van der Waals surface area (Å²) in [6.07, 6.45) is 1.58. The second kappa shape index (κ2) is 8.03. The number of nitrogens with zero attached hydrogens (tertiary/aromatic N) is 3. The lowest BCUT2D eigenvalue weighted by Gasteiger charge is -2.09. The predicted molar refractivity (Wildman–Crippen MR) is 131 cm³/mol. The minimum Gasteiger partial charge on any atom is -0.444 e. The van der Waals surface area contributed by atoms with Gasteiger partial charge in [-0.25, -0.2) is 18.2 Å². The molecule has 0 spiro atoms. The van der Waals surface area contributed by atoms with Crippen molar-refractivity contribution in [3.8, 4) is 22.7 Å². The number of oxazole rings is 1. The molecule has 0 atom stereocenters. The smallest absolute Gasteiger partial charge is 0.328 e. The van der Waals surface area contributed by atoms with E-state index in [4.69, 9.17) is 4.42 Å². The summed E-state index contributed by atoms with van der Waals surface area (Å²) in [5.74, 6) is 0.386. The van der Waals surface area contributed by atoms with Crippen molar-refractivity contribution in [3.63, 3.8) is 0 Å². The average Bonchev–Trinajstić information content (AvgIpc) is 3.40. The first kappa shape index (κ1) is 21.7. The van der Waals surface area contributed by atoms with E-state index < -0.39 is 10.0 Å². The van der Waals surface area contributed by atoms with E-state index in [2.05, 4.69) is 9.71 Å². The zero-order valence-electron chi connectivity index (χ0n) is 18.8. The molecule has 0 unspecified atom stereocenters. The highest BCUT2D eigenvalue weighted by molar-refractivity contribution is 7.92. The fraction of sp³-hybridized carbons (Fsp3) is 0.120. The summed E-state index contributed by atoms with van der Waals surface area (Å²) < 4.78 is 37.3. The van der Waals surface area contributed by atoms with Crippen LogP contribution in [0.1, 0.15) is 5.56 Å². The van der Waals surface area contributed by atoms with Crippen LogP contribution in [0.4, 0.5) is 5.69 Å². The minimum atomic E-state index is -3.89. The Hall–Kier alpha value is -4.11. The van der Waals surface area contributed by atoms with Gasteiger partial charge in [-0.05, 0) is 43.3 Å². The Kier molecular flexibility index (Phi) is 5.13. The van der Waals surface area contributed by atoms with Gasteiger partial charge in [-0.15, -0.1) is 0 Å². The standard InChI is InChI=1S/C25H22N4O4S/c1-16-7-9-17(10-8-16)21-15-33-24(26-21)18-5-4-6-19(13-18)27-34(31,32)20-11-12-22-23(14-20)29(3)25(30)28(22)2/h4-15,27H,1-3H3. The Bertz CT molecular complexity index is 1690. The van der Waals surface area contributed by atoms with Crippen LogP contribution in [0.3, 0.4) is 0 Å². The molecule has 0 aliphatic heterocycles. The van der Waals surface area contributed by atoms with Gasteiger partial charge in [0.15, 0.2) is 0 Å². The van der Waals surface area contributed by atoms with Crippen molar-refractivity contribution in [1.82, 2.24) is 14.1 Å². The van der Waals surface area contributed by atoms with E-state index >= 15 is 0 Å². The van der Waals surface area contributed by atoms with E-state index in [1.165, 1.54) is 21.3 Å². The number of rotatable bonds is 5. The number of imidazole rings is 1. The summed E-state index contributed by atoms with van der Waals surface area (Å²) in [6.45, 7) is 2.02. The molecule has 0 bridgehead atoms. The fourth-order valence-electron chi connectivity index (χ4n) is 3.85. The van der Waals surface area contributed by atoms with Crippen LogP contribution in [-0.4, -0.2) is 22.5 Å². The number of fused-ring (bicyclic) bond motifs is 1. The summed E-state index contributed by atoms with van der Waals surface area (Å²) >= 11 is 0. The SMILES string of the molecule is Cc1ccc(-c2coc(-c3cccc(NS(=O)(=O)c4ccc5c(c4)n(C)c(=O)n5C)c3)n2)cc1. The van der Waals surface area contributed by atoms with Crippen LogP contribution in [0, 0.1) is 6.92 Å². The number of aryl methyl sites for hydroxylation is 3. The van der Waals surface area contributed by atoms with Gasteiger partial charge in [0.2, 0.25) is 5.89 Å². The number of anilines is 1. The quantitative estimate of drug-likeness (QED) is 0.409. The highest BCUT2D eigenvalue weighted by Crippen LogP contribution is 2.28. The Morgan fingerprint density at radius 3 is 2.38 bits per heavy atom. The molecule has 0 radical (unpaired) electrons. The molecule has 0 saturated carbocycles.